The Kier molecular flexibility index (Phi) is 3.92. The zero-order valence-electron chi connectivity index (χ0n) is 12.1. The number of halogens is 2. The highest BCUT2D eigenvalue weighted by atomic mass is 35.5. The molecule has 21 heavy (non-hydrogen) atoms. The number of hydrogen-bond donors (Lipinski definition) is 0. The fourth-order valence-electron chi connectivity index (χ4n) is 2.71. The molecule has 0 aliphatic carbocycles. The summed E-state index contributed by atoms with van der Waals surface area (Å²) < 4.78 is 4.45. The van der Waals surface area contributed by atoms with Gasteiger partial charge in [0.25, 0.3) is 5.82 Å². The summed E-state index contributed by atoms with van der Waals surface area (Å²) in [7, 11) is 2.06. The Morgan fingerprint density at radius 1 is 1.05 bits per heavy atom. The number of aromatic nitrogens is 2. The maximum atomic E-state index is 6.18. The highest BCUT2D eigenvalue weighted by Gasteiger charge is 2.20. The van der Waals surface area contributed by atoms with Gasteiger partial charge >= 0.3 is 0 Å². The first-order valence-electron chi connectivity index (χ1n) is 6.95. The van der Waals surface area contributed by atoms with Crippen LogP contribution >= 0.6 is 23.2 Å². The topological polar surface area (TPSA) is 8.81 Å². The molecule has 0 aliphatic rings. The van der Waals surface area contributed by atoms with Crippen LogP contribution < -0.4 is 4.57 Å². The van der Waals surface area contributed by atoms with Crippen molar-refractivity contribution < 1.29 is 4.57 Å². The lowest BCUT2D eigenvalue weighted by Gasteiger charge is -2.02. The number of hydrogen-bond acceptors (Lipinski definition) is 0. The van der Waals surface area contributed by atoms with Gasteiger partial charge in [0.2, 0.25) is 0 Å². The summed E-state index contributed by atoms with van der Waals surface area (Å²) in [6, 6.07) is 14.4. The van der Waals surface area contributed by atoms with Crippen LogP contribution in [0, 0.1) is 6.92 Å². The first-order chi connectivity index (χ1) is 10.1. The quantitative estimate of drug-likeness (QED) is 0.636. The molecule has 2 nitrogen and oxygen atoms in total. The van der Waals surface area contributed by atoms with Crippen molar-refractivity contribution in [2.45, 2.75) is 19.9 Å². The second-order valence-electron chi connectivity index (χ2n) is 5.25. The molecule has 108 valence electrons. The van der Waals surface area contributed by atoms with E-state index in [0.717, 1.165) is 24.0 Å². The van der Waals surface area contributed by atoms with E-state index >= 15 is 0 Å². The van der Waals surface area contributed by atoms with Crippen LogP contribution in [0.25, 0.3) is 11.0 Å². The Morgan fingerprint density at radius 2 is 1.71 bits per heavy atom. The lowest BCUT2D eigenvalue weighted by molar-refractivity contribution is -0.652. The van der Waals surface area contributed by atoms with Crippen LogP contribution in [0.4, 0.5) is 0 Å². The summed E-state index contributed by atoms with van der Waals surface area (Å²) >= 11 is 12.3. The second-order valence-corrected chi connectivity index (χ2v) is 6.06. The van der Waals surface area contributed by atoms with Gasteiger partial charge in [-0.15, -0.1) is 0 Å². The van der Waals surface area contributed by atoms with Crippen molar-refractivity contribution in [1.82, 2.24) is 4.57 Å². The third-order valence-corrected chi connectivity index (χ3v) is 4.73. The van der Waals surface area contributed by atoms with Crippen molar-refractivity contribution in [2.75, 3.05) is 0 Å². The van der Waals surface area contributed by atoms with Crippen LogP contribution in [-0.4, -0.2) is 4.57 Å². The molecule has 3 aromatic rings. The van der Waals surface area contributed by atoms with E-state index in [2.05, 4.69) is 47.4 Å². The van der Waals surface area contributed by atoms with Gasteiger partial charge in [-0.3, -0.25) is 0 Å². The maximum Gasteiger partial charge on any atom is 0.254 e. The summed E-state index contributed by atoms with van der Waals surface area (Å²) in [5.74, 6) is 1.19. The molecule has 0 unspecified atom stereocenters. The standard InChI is InChI=1S/C17H17Cl2N2/c1-12-20(2)16-10-14(18)15(19)11-17(16)21(12)9-8-13-6-4-3-5-7-13/h3-7,10-11H,8-9H2,1-2H3/q+1. The van der Waals surface area contributed by atoms with Crippen LogP contribution in [0.15, 0.2) is 42.5 Å². The van der Waals surface area contributed by atoms with Gasteiger partial charge in [-0.25, -0.2) is 9.13 Å². The molecule has 1 aromatic heterocycles. The molecule has 0 radical (unpaired) electrons. The molecule has 0 bridgehead atoms. The Labute approximate surface area is 134 Å². The number of benzene rings is 2. The first kappa shape index (κ1) is 14.4. The van der Waals surface area contributed by atoms with E-state index in [4.69, 9.17) is 23.2 Å². The minimum absolute atomic E-state index is 0.597. The van der Waals surface area contributed by atoms with Gasteiger partial charge in [0.15, 0.2) is 11.0 Å². The number of imidazole rings is 1. The second kappa shape index (κ2) is 5.70. The zero-order valence-corrected chi connectivity index (χ0v) is 13.6. The van der Waals surface area contributed by atoms with Gasteiger partial charge in [0.05, 0.1) is 23.6 Å². The molecule has 0 saturated carbocycles. The minimum Gasteiger partial charge on any atom is -0.230 e. The van der Waals surface area contributed by atoms with E-state index in [1.807, 2.05) is 18.2 Å². The molecule has 0 aliphatic heterocycles. The number of rotatable bonds is 3. The highest BCUT2D eigenvalue weighted by molar-refractivity contribution is 6.42. The third kappa shape index (κ3) is 2.66. The molecule has 0 saturated heterocycles. The molecule has 0 fully saturated rings. The third-order valence-electron chi connectivity index (χ3n) is 4.01. The molecular weight excluding hydrogens is 303 g/mol. The number of nitrogens with zero attached hydrogens (tertiary/aromatic N) is 2. The fourth-order valence-corrected chi connectivity index (χ4v) is 3.02. The van der Waals surface area contributed by atoms with Crippen LogP contribution in [0.1, 0.15) is 11.4 Å². The van der Waals surface area contributed by atoms with Gasteiger partial charge in [-0.1, -0.05) is 53.5 Å². The molecule has 0 spiro atoms. The smallest absolute Gasteiger partial charge is 0.230 e. The molecule has 0 N–H and O–H groups in total. The van der Waals surface area contributed by atoms with Crippen molar-refractivity contribution in [3.63, 3.8) is 0 Å². The van der Waals surface area contributed by atoms with E-state index in [1.54, 1.807) is 0 Å². The van der Waals surface area contributed by atoms with Gasteiger partial charge in [0.1, 0.15) is 0 Å². The largest absolute Gasteiger partial charge is 0.254 e. The van der Waals surface area contributed by atoms with Crippen LogP contribution in [0.2, 0.25) is 10.0 Å². The summed E-state index contributed by atoms with van der Waals surface area (Å²) in [4.78, 5) is 0. The molecule has 0 amide bonds. The minimum atomic E-state index is 0.597. The molecular formula is C17H17Cl2N2+. The average Bonchev–Trinajstić information content (AvgIpc) is 2.71. The van der Waals surface area contributed by atoms with Crippen molar-refractivity contribution in [1.29, 1.82) is 0 Å². The van der Waals surface area contributed by atoms with Gasteiger partial charge in [-0.05, 0) is 5.56 Å². The molecule has 4 heteroatoms. The van der Waals surface area contributed by atoms with Crippen LogP contribution in [-0.2, 0) is 20.0 Å². The first-order valence-corrected chi connectivity index (χ1v) is 7.71. The molecule has 0 atom stereocenters. The molecule has 1 heterocycles. The predicted molar refractivity (Wildman–Crippen MR) is 88.0 cm³/mol. The molecule has 3 rings (SSSR count). The van der Waals surface area contributed by atoms with Crippen molar-refractivity contribution in [3.8, 4) is 0 Å². The van der Waals surface area contributed by atoms with E-state index in [0.29, 0.717) is 10.0 Å². The maximum absolute atomic E-state index is 6.18. The SMILES string of the molecule is Cc1n(CCc2ccccc2)c2cc(Cl)c(Cl)cc2[n+]1C. The van der Waals surface area contributed by atoms with Crippen LogP contribution in [0.3, 0.4) is 0 Å². The zero-order chi connectivity index (χ0) is 15.0. The van der Waals surface area contributed by atoms with Crippen molar-refractivity contribution >= 4 is 34.2 Å². The Bertz CT molecular complexity index is 792. The van der Waals surface area contributed by atoms with E-state index in [9.17, 15) is 0 Å². The lowest BCUT2D eigenvalue weighted by atomic mass is 10.1. The van der Waals surface area contributed by atoms with Crippen molar-refractivity contribution in [3.05, 3.63) is 63.9 Å². The predicted octanol–water partition coefficient (Wildman–Crippen LogP) is 4.32. The summed E-state index contributed by atoms with van der Waals surface area (Å²) in [5, 5.41) is 1.20. The summed E-state index contributed by atoms with van der Waals surface area (Å²) in [6.07, 6.45) is 0.992. The Hall–Kier alpha value is -1.51. The Morgan fingerprint density at radius 3 is 2.43 bits per heavy atom. The fraction of sp³-hybridized carbons (Fsp3) is 0.235. The highest BCUT2D eigenvalue weighted by Crippen LogP contribution is 2.27. The van der Waals surface area contributed by atoms with E-state index in [1.165, 1.54) is 11.4 Å². The van der Waals surface area contributed by atoms with E-state index in [-0.39, 0.29) is 0 Å². The van der Waals surface area contributed by atoms with Crippen LogP contribution in [0.5, 0.6) is 0 Å². The van der Waals surface area contributed by atoms with Gasteiger partial charge in [-0.2, -0.15) is 0 Å². The van der Waals surface area contributed by atoms with E-state index < -0.39 is 0 Å². The number of fused-ring (bicyclic) bond motifs is 1. The monoisotopic (exact) mass is 319 g/mol. The van der Waals surface area contributed by atoms with Crippen molar-refractivity contribution in [2.24, 2.45) is 7.05 Å². The van der Waals surface area contributed by atoms with Gasteiger partial charge in [0, 0.05) is 25.5 Å². The average molecular weight is 320 g/mol. The lowest BCUT2D eigenvalue weighted by Crippen LogP contribution is -2.31. The molecule has 2 aromatic carbocycles. The summed E-state index contributed by atoms with van der Waals surface area (Å²) in [5.41, 5.74) is 3.57. The summed E-state index contributed by atoms with van der Waals surface area (Å²) in [6.45, 7) is 3.04. The number of aryl methyl sites for hydroxylation is 3. The Balaban J connectivity index is 2.02. The van der Waals surface area contributed by atoms with Gasteiger partial charge < -0.3 is 0 Å². The normalized spacial score (nSPS) is 11.2.